The summed E-state index contributed by atoms with van der Waals surface area (Å²) in [5, 5.41) is 6.60. The maximum Gasteiger partial charge on any atom is 0.191 e. The highest BCUT2D eigenvalue weighted by Crippen LogP contribution is 2.16. The van der Waals surface area contributed by atoms with E-state index in [0.29, 0.717) is 25.4 Å². The van der Waals surface area contributed by atoms with Gasteiger partial charge in [0, 0.05) is 32.7 Å². The highest BCUT2D eigenvalue weighted by atomic mass is 16.5. The lowest BCUT2D eigenvalue weighted by Gasteiger charge is -2.35. The topological polar surface area (TPSA) is 67.4 Å². The van der Waals surface area contributed by atoms with Gasteiger partial charge in [0.2, 0.25) is 0 Å². The van der Waals surface area contributed by atoms with Crippen molar-refractivity contribution in [1.82, 2.24) is 15.5 Å². The van der Waals surface area contributed by atoms with Crippen LogP contribution in [0.3, 0.4) is 0 Å². The number of hydrogen-bond donors (Lipinski definition) is 2. The molecule has 0 radical (unpaired) electrons. The van der Waals surface area contributed by atoms with Gasteiger partial charge in [-0.25, -0.2) is 0 Å². The molecule has 1 aromatic rings. The van der Waals surface area contributed by atoms with Crippen molar-refractivity contribution in [1.29, 1.82) is 0 Å². The minimum absolute atomic E-state index is 0.317. The Bertz CT molecular complexity index is 570. The number of nitrogens with zero attached hydrogens (tertiary/aromatic N) is 2. The fraction of sp³-hybridized carbons (Fsp3) is 0.667. The Hall–Kier alpha value is -1.99. The quantitative estimate of drug-likeness (QED) is 0.361. The average Bonchev–Trinajstić information content (AvgIpc) is 2.68. The molecule has 1 aliphatic rings. The first-order valence-electron chi connectivity index (χ1n) is 10.3. The minimum Gasteiger partial charge on any atom is -0.497 e. The molecule has 0 amide bonds. The van der Waals surface area contributed by atoms with Crippen molar-refractivity contribution in [3.63, 3.8) is 0 Å². The molecule has 1 saturated heterocycles. The number of aliphatic imine (C=N–C) groups is 1. The van der Waals surface area contributed by atoms with Crippen LogP contribution in [0.1, 0.15) is 27.2 Å². The lowest BCUT2D eigenvalue weighted by atomic mass is 10.2. The number of ether oxygens (including phenoxy) is 3. The standard InChI is InChI=1S/C21H36N4O3/c1-5-22-21(23-11-6-13-25-15-17(2)28-18(3)16-25)24-12-14-27-20-9-7-19(26-4)8-10-20/h7-10,17-18H,5-6,11-16H2,1-4H3,(H2,22,23,24). The van der Waals surface area contributed by atoms with Crippen molar-refractivity contribution >= 4 is 5.96 Å². The summed E-state index contributed by atoms with van der Waals surface area (Å²) < 4.78 is 16.7. The van der Waals surface area contributed by atoms with Crippen LogP contribution in [0, 0.1) is 0 Å². The molecular formula is C21H36N4O3. The van der Waals surface area contributed by atoms with Crippen molar-refractivity contribution < 1.29 is 14.2 Å². The molecule has 2 rings (SSSR count). The van der Waals surface area contributed by atoms with Gasteiger partial charge in [0.05, 0.1) is 25.9 Å². The van der Waals surface area contributed by atoms with Crippen LogP contribution in [0.25, 0.3) is 0 Å². The van der Waals surface area contributed by atoms with Crippen LogP contribution in [0.2, 0.25) is 0 Å². The van der Waals surface area contributed by atoms with Crippen LogP contribution < -0.4 is 20.1 Å². The number of benzene rings is 1. The predicted octanol–water partition coefficient (Wildman–Crippen LogP) is 2.13. The summed E-state index contributed by atoms with van der Waals surface area (Å²) in [7, 11) is 1.66. The van der Waals surface area contributed by atoms with Crippen molar-refractivity contribution in [3.05, 3.63) is 24.3 Å². The lowest BCUT2D eigenvalue weighted by molar-refractivity contribution is -0.0679. The molecule has 28 heavy (non-hydrogen) atoms. The Morgan fingerprint density at radius 3 is 2.46 bits per heavy atom. The molecule has 1 aliphatic heterocycles. The summed E-state index contributed by atoms with van der Waals surface area (Å²) in [5.74, 6) is 2.50. The molecule has 7 heteroatoms. The molecular weight excluding hydrogens is 356 g/mol. The van der Waals surface area contributed by atoms with E-state index in [4.69, 9.17) is 14.2 Å². The molecule has 7 nitrogen and oxygen atoms in total. The van der Waals surface area contributed by atoms with Crippen LogP contribution >= 0.6 is 0 Å². The summed E-state index contributed by atoms with van der Waals surface area (Å²) in [6, 6.07) is 7.60. The van der Waals surface area contributed by atoms with Gasteiger partial charge < -0.3 is 24.8 Å². The normalized spacial score (nSPS) is 20.6. The first kappa shape index (κ1) is 22.3. The van der Waals surface area contributed by atoms with E-state index in [0.717, 1.165) is 56.6 Å². The van der Waals surface area contributed by atoms with Crippen LogP contribution in [-0.4, -0.2) is 76.1 Å². The van der Waals surface area contributed by atoms with E-state index in [-0.39, 0.29) is 0 Å². The third-order valence-corrected chi connectivity index (χ3v) is 4.46. The lowest BCUT2D eigenvalue weighted by Crippen LogP contribution is -2.45. The number of rotatable bonds is 10. The summed E-state index contributed by atoms with van der Waals surface area (Å²) in [6.45, 7) is 12.3. The Morgan fingerprint density at radius 1 is 1.14 bits per heavy atom. The number of morpholine rings is 1. The largest absolute Gasteiger partial charge is 0.497 e. The highest BCUT2D eigenvalue weighted by Gasteiger charge is 2.21. The second-order valence-electron chi connectivity index (χ2n) is 7.08. The molecule has 2 unspecified atom stereocenters. The summed E-state index contributed by atoms with van der Waals surface area (Å²) in [4.78, 5) is 7.14. The van der Waals surface area contributed by atoms with Gasteiger partial charge in [-0.1, -0.05) is 0 Å². The van der Waals surface area contributed by atoms with E-state index in [1.54, 1.807) is 7.11 Å². The maximum atomic E-state index is 5.78. The molecule has 1 heterocycles. The Morgan fingerprint density at radius 2 is 1.82 bits per heavy atom. The van der Waals surface area contributed by atoms with Crippen LogP contribution in [0.15, 0.2) is 29.3 Å². The van der Waals surface area contributed by atoms with E-state index >= 15 is 0 Å². The van der Waals surface area contributed by atoms with Crippen molar-refractivity contribution in [2.45, 2.75) is 39.4 Å². The number of methoxy groups -OCH3 is 1. The van der Waals surface area contributed by atoms with Crippen LogP contribution in [0.5, 0.6) is 11.5 Å². The zero-order chi connectivity index (χ0) is 20.2. The summed E-state index contributed by atoms with van der Waals surface area (Å²) in [6.07, 6.45) is 1.67. The van der Waals surface area contributed by atoms with Gasteiger partial charge in [-0.15, -0.1) is 0 Å². The molecule has 1 fully saturated rings. The maximum absolute atomic E-state index is 5.78. The van der Waals surface area contributed by atoms with Gasteiger partial charge in [0.25, 0.3) is 0 Å². The molecule has 2 N–H and O–H groups in total. The van der Waals surface area contributed by atoms with E-state index < -0.39 is 0 Å². The van der Waals surface area contributed by atoms with Crippen molar-refractivity contribution in [3.8, 4) is 11.5 Å². The Labute approximate surface area is 169 Å². The molecule has 0 aromatic heterocycles. The van der Waals surface area contributed by atoms with E-state index in [9.17, 15) is 0 Å². The molecule has 0 saturated carbocycles. The molecule has 1 aromatic carbocycles. The smallest absolute Gasteiger partial charge is 0.191 e. The number of hydrogen-bond acceptors (Lipinski definition) is 5. The number of guanidine groups is 1. The second kappa shape index (κ2) is 12.5. The Balaban J connectivity index is 1.65. The molecule has 0 bridgehead atoms. The fourth-order valence-corrected chi connectivity index (χ4v) is 3.30. The van der Waals surface area contributed by atoms with Crippen LogP contribution in [-0.2, 0) is 4.74 Å². The molecule has 2 atom stereocenters. The SMILES string of the molecule is CCNC(=NCCCN1CC(C)OC(C)C1)NCCOc1ccc(OC)cc1. The summed E-state index contributed by atoms with van der Waals surface area (Å²) >= 11 is 0. The van der Waals surface area contributed by atoms with E-state index in [1.807, 2.05) is 24.3 Å². The van der Waals surface area contributed by atoms with Crippen molar-refractivity contribution in [2.75, 3.05) is 53.0 Å². The fourth-order valence-electron chi connectivity index (χ4n) is 3.30. The minimum atomic E-state index is 0.317. The van der Waals surface area contributed by atoms with Gasteiger partial charge in [-0.05, 0) is 51.5 Å². The van der Waals surface area contributed by atoms with Gasteiger partial charge in [0.1, 0.15) is 18.1 Å². The van der Waals surface area contributed by atoms with E-state index in [2.05, 4.69) is 41.3 Å². The first-order valence-corrected chi connectivity index (χ1v) is 10.3. The third kappa shape index (κ3) is 8.35. The second-order valence-corrected chi connectivity index (χ2v) is 7.08. The van der Waals surface area contributed by atoms with Gasteiger partial charge in [0.15, 0.2) is 5.96 Å². The zero-order valence-corrected chi connectivity index (χ0v) is 17.7. The molecule has 0 spiro atoms. The number of nitrogens with one attached hydrogen (secondary N) is 2. The summed E-state index contributed by atoms with van der Waals surface area (Å²) in [5.41, 5.74) is 0. The van der Waals surface area contributed by atoms with Gasteiger partial charge in [-0.3, -0.25) is 9.89 Å². The molecule has 158 valence electrons. The Kier molecular flexibility index (Phi) is 9.93. The molecule has 0 aliphatic carbocycles. The van der Waals surface area contributed by atoms with Gasteiger partial charge in [-0.2, -0.15) is 0 Å². The van der Waals surface area contributed by atoms with Crippen molar-refractivity contribution in [2.24, 2.45) is 4.99 Å². The third-order valence-electron chi connectivity index (χ3n) is 4.46. The average molecular weight is 393 g/mol. The predicted molar refractivity (Wildman–Crippen MR) is 114 cm³/mol. The zero-order valence-electron chi connectivity index (χ0n) is 17.7. The highest BCUT2D eigenvalue weighted by molar-refractivity contribution is 5.79. The van der Waals surface area contributed by atoms with Gasteiger partial charge >= 0.3 is 0 Å². The monoisotopic (exact) mass is 392 g/mol. The van der Waals surface area contributed by atoms with E-state index in [1.165, 1.54) is 0 Å². The van der Waals surface area contributed by atoms with Crippen LogP contribution in [0.4, 0.5) is 0 Å². The first-order chi connectivity index (χ1) is 13.6.